The minimum atomic E-state index is -1.01. The molecule has 76 valence electrons. The number of nitrogens with zero attached hydrogens (tertiary/aromatic N) is 1. The van der Waals surface area contributed by atoms with Crippen LogP contribution in [0.1, 0.15) is 16.1 Å². The van der Waals surface area contributed by atoms with Crippen LogP contribution in [0.25, 0.3) is 0 Å². The summed E-state index contributed by atoms with van der Waals surface area (Å²) in [4.78, 5) is 14.3. The summed E-state index contributed by atoms with van der Waals surface area (Å²) in [5, 5.41) is 17.2. The molecule has 0 radical (unpaired) electrons. The van der Waals surface area contributed by atoms with Crippen molar-refractivity contribution in [3.05, 3.63) is 29.6 Å². The molecule has 1 rings (SSSR count). The molecule has 0 aromatic carbocycles. The molecule has 0 saturated carbocycles. The normalized spacial score (nSPS) is 10.1. The van der Waals surface area contributed by atoms with Crippen molar-refractivity contribution < 1.29 is 15.0 Å². The number of aliphatic hydroxyl groups excluding tert-OH is 1. The Morgan fingerprint density at radius 2 is 2.36 bits per heavy atom. The second kappa shape index (κ2) is 5.62. The van der Waals surface area contributed by atoms with Gasteiger partial charge < -0.3 is 10.2 Å². The Bertz CT molecular complexity index is 317. The van der Waals surface area contributed by atoms with Crippen LogP contribution < -0.4 is 0 Å². The molecule has 0 aliphatic rings. The van der Waals surface area contributed by atoms with E-state index in [2.05, 4.69) is 4.98 Å². The molecule has 0 aliphatic carbocycles. The van der Waals surface area contributed by atoms with Crippen molar-refractivity contribution in [2.45, 2.75) is 5.75 Å². The molecule has 5 heteroatoms. The Morgan fingerprint density at radius 3 is 3.00 bits per heavy atom. The van der Waals surface area contributed by atoms with E-state index in [-0.39, 0.29) is 12.3 Å². The number of aromatic carboxylic acids is 1. The van der Waals surface area contributed by atoms with E-state index in [0.717, 1.165) is 5.56 Å². The van der Waals surface area contributed by atoms with E-state index in [9.17, 15) is 4.79 Å². The molecular weight excluding hydrogens is 202 g/mol. The highest BCUT2D eigenvalue weighted by Gasteiger charge is 2.04. The quantitative estimate of drug-likeness (QED) is 0.714. The Hall–Kier alpha value is -1.07. The molecule has 0 amide bonds. The van der Waals surface area contributed by atoms with Gasteiger partial charge in [0.25, 0.3) is 0 Å². The first-order chi connectivity index (χ1) is 6.74. The molecule has 14 heavy (non-hydrogen) atoms. The maximum Gasteiger partial charge on any atom is 0.354 e. The van der Waals surface area contributed by atoms with E-state index in [4.69, 9.17) is 10.2 Å². The average Bonchev–Trinajstić information content (AvgIpc) is 2.19. The second-order valence-electron chi connectivity index (χ2n) is 2.63. The van der Waals surface area contributed by atoms with Crippen molar-refractivity contribution in [1.29, 1.82) is 0 Å². The van der Waals surface area contributed by atoms with Gasteiger partial charge in [0, 0.05) is 17.7 Å². The van der Waals surface area contributed by atoms with Crippen molar-refractivity contribution in [2.75, 3.05) is 12.4 Å². The fraction of sp³-hybridized carbons (Fsp3) is 0.333. The minimum Gasteiger partial charge on any atom is -0.477 e. The van der Waals surface area contributed by atoms with Gasteiger partial charge in [-0.15, -0.1) is 0 Å². The van der Waals surface area contributed by atoms with Gasteiger partial charge in [0.05, 0.1) is 6.61 Å². The second-order valence-corrected chi connectivity index (χ2v) is 3.74. The summed E-state index contributed by atoms with van der Waals surface area (Å²) in [5.41, 5.74) is 0.975. The number of carboxylic acid groups (broad SMARTS) is 1. The minimum absolute atomic E-state index is 0.0621. The summed E-state index contributed by atoms with van der Waals surface area (Å²) in [6.45, 7) is 0.140. The van der Waals surface area contributed by atoms with Crippen LogP contribution in [0.4, 0.5) is 0 Å². The highest BCUT2D eigenvalue weighted by atomic mass is 32.2. The number of aliphatic hydroxyl groups is 1. The largest absolute Gasteiger partial charge is 0.477 e. The van der Waals surface area contributed by atoms with Crippen LogP contribution in [0.15, 0.2) is 18.3 Å². The monoisotopic (exact) mass is 213 g/mol. The predicted octanol–water partition coefficient (Wildman–Crippen LogP) is 1.01. The molecule has 1 aromatic rings. The lowest BCUT2D eigenvalue weighted by atomic mass is 10.2. The van der Waals surface area contributed by atoms with Crippen molar-refractivity contribution in [3.63, 3.8) is 0 Å². The highest BCUT2D eigenvalue weighted by Crippen LogP contribution is 2.11. The molecule has 0 atom stereocenters. The van der Waals surface area contributed by atoms with E-state index >= 15 is 0 Å². The molecule has 0 bridgehead atoms. The smallest absolute Gasteiger partial charge is 0.354 e. The summed E-state index contributed by atoms with van der Waals surface area (Å²) < 4.78 is 0. The zero-order valence-electron chi connectivity index (χ0n) is 7.51. The van der Waals surface area contributed by atoms with Gasteiger partial charge >= 0.3 is 5.97 Å². The number of hydrogen-bond donors (Lipinski definition) is 2. The van der Waals surface area contributed by atoms with Crippen LogP contribution in [-0.2, 0) is 5.75 Å². The summed E-state index contributed by atoms with van der Waals surface area (Å²) in [5.74, 6) is 0.340. The molecule has 1 heterocycles. The van der Waals surface area contributed by atoms with Crippen molar-refractivity contribution >= 4 is 17.7 Å². The molecule has 1 aromatic heterocycles. The number of aromatic nitrogens is 1. The van der Waals surface area contributed by atoms with E-state index in [1.54, 1.807) is 23.9 Å². The number of carbonyl (C=O) groups is 1. The average molecular weight is 213 g/mol. The molecule has 0 aliphatic heterocycles. The number of hydrogen-bond acceptors (Lipinski definition) is 4. The zero-order chi connectivity index (χ0) is 10.4. The van der Waals surface area contributed by atoms with E-state index in [0.29, 0.717) is 11.5 Å². The Labute approximate surface area is 86.0 Å². The van der Waals surface area contributed by atoms with Crippen LogP contribution in [0.5, 0.6) is 0 Å². The number of thioether (sulfide) groups is 1. The standard InChI is InChI=1S/C9H11NO3S/c11-3-4-14-6-7-1-2-10-8(5-7)9(12)13/h1-2,5,11H,3-4,6H2,(H,12,13). The van der Waals surface area contributed by atoms with Gasteiger partial charge in [-0.05, 0) is 17.7 Å². The van der Waals surface area contributed by atoms with Gasteiger partial charge in [-0.3, -0.25) is 0 Å². The van der Waals surface area contributed by atoms with Crippen LogP contribution in [-0.4, -0.2) is 33.5 Å². The summed E-state index contributed by atoms with van der Waals surface area (Å²) in [6.07, 6.45) is 1.48. The SMILES string of the molecule is O=C(O)c1cc(CSCCO)ccn1. The van der Waals surface area contributed by atoms with Crippen molar-refractivity contribution in [1.82, 2.24) is 4.98 Å². The van der Waals surface area contributed by atoms with E-state index in [1.165, 1.54) is 6.20 Å². The van der Waals surface area contributed by atoms with Crippen LogP contribution in [0.3, 0.4) is 0 Å². The Morgan fingerprint density at radius 1 is 1.57 bits per heavy atom. The third kappa shape index (κ3) is 3.35. The van der Waals surface area contributed by atoms with E-state index in [1.807, 2.05) is 0 Å². The lowest BCUT2D eigenvalue weighted by molar-refractivity contribution is 0.0690. The molecule has 0 spiro atoms. The summed E-state index contributed by atoms with van der Waals surface area (Å²) in [6, 6.07) is 3.32. The van der Waals surface area contributed by atoms with Crippen LogP contribution in [0, 0.1) is 0 Å². The number of rotatable bonds is 5. The molecule has 2 N–H and O–H groups in total. The first kappa shape index (κ1) is 11.0. The van der Waals surface area contributed by atoms with Gasteiger partial charge in [0.15, 0.2) is 0 Å². The molecule has 0 saturated heterocycles. The molecular formula is C9H11NO3S. The molecule has 0 fully saturated rings. The van der Waals surface area contributed by atoms with Gasteiger partial charge in [0.2, 0.25) is 0 Å². The Balaban J connectivity index is 2.59. The lowest BCUT2D eigenvalue weighted by Gasteiger charge is -2.00. The fourth-order valence-electron chi connectivity index (χ4n) is 0.936. The molecule has 4 nitrogen and oxygen atoms in total. The van der Waals surface area contributed by atoms with Gasteiger partial charge in [0.1, 0.15) is 5.69 Å². The summed E-state index contributed by atoms with van der Waals surface area (Å²) >= 11 is 1.56. The van der Waals surface area contributed by atoms with Gasteiger partial charge in [-0.25, -0.2) is 9.78 Å². The van der Waals surface area contributed by atoms with Gasteiger partial charge in [-0.1, -0.05) is 0 Å². The van der Waals surface area contributed by atoms with Crippen LogP contribution in [0.2, 0.25) is 0 Å². The van der Waals surface area contributed by atoms with Gasteiger partial charge in [-0.2, -0.15) is 11.8 Å². The lowest BCUT2D eigenvalue weighted by Crippen LogP contribution is -2.00. The van der Waals surface area contributed by atoms with E-state index < -0.39 is 5.97 Å². The topological polar surface area (TPSA) is 70.4 Å². The fourth-order valence-corrected chi connectivity index (χ4v) is 1.62. The zero-order valence-corrected chi connectivity index (χ0v) is 8.33. The highest BCUT2D eigenvalue weighted by molar-refractivity contribution is 7.98. The maximum absolute atomic E-state index is 10.6. The Kier molecular flexibility index (Phi) is 4.42. The number of carboxylic acids is 1. The maximum atomic E-state index is 10.6. The van der Waals surface area contributed by atoms with Crippen molar-refractivity contribution in [3.8, 4) is 0 Å². The molecule has 0 unspecified atom stereocenters. The third-order valence-corrected chi connectivity index (χ3v) is 2.56. The van der Waals surface area contributed by atoms with Crippen LogP contribution >= 0.6 is 11.8 Å². The first-order valence-electron chi connectivity index (χ1n) is 4.11. The third-order valence-electron chi connectivity index (χ3n) is 1.55. The predicted molar refractivity (Wildman–Crippen MR) is 54.4 cm³/mol. The van der Waals surface area contributed by atoms with Crippen molar-refractivity contribution in [2.24, 2.45) is 0 Å². The first-order valence-corrected chi connectivity index (χ1v) is 5.26. The number of pyridine rings is 1. The summed E-state index contributed by atoms with van der Waals surface area (Å²) in [7, 11) is 0.